The normalized spacial score (nSPS) is 13.5. The Kier molecular flexibility index (Phi) is 2.46. The molecule has 0 spiro atoms. The van der Waals surface area contributed by atoms with Crippen molar-refractivity contribution in [3.05, 3.63) is 21.9 Å². The van der Waals surface area contributed by atoms with Gasteiger partial charge in [0.1, 0.15) is 0 Å². The molecule has 0 radical (unpaired) electrons. The van der Waals surface area contributed by atoms with Crippen LogP contribution in [0.3, 0.4) is 0 Å². The SMILES string of the molecule is CCc1csc(C(C)O)c1. The molecule has 0 bridgehead atoms. The molecule has 1 rings (SSSR count). The monoisotopic (exact) mass is 156 g/mol. The molecule has 1 N–H and O–H groups in total. The van der Waals surface area contributed by atoms with Crippen molar-refractivity contribution in [2.75, 3.05) is 0 Å². The second kappa shape index (κ2) is 3.17. The van der Waals surface area contributed by atoms with Crippen LogP contribution in [0.4, 0.5) is 0 Å². The van der Waals surface area contributed by atoms with Crippen LogP contribution in [0.5, 0.6) is 0 Å². The fourth-order valence-corrected chi connectivity index (χ4v) is 1.74. The molecule has 0 aliphatic heterocycles. The number of aliphatic hydroxyl groups is 1. The van der Waals surface area contributed by atoms with Crippen molar-refractivity contribution >= 4 is 11.3 Å². The van der Waals surface area contributed by atoms with E-state index in [0.29, 0.717) is 0 Å². The van der Waals surface area contributed by atoms with E-state index in [1.54, 1.807) is 18.3 Å². The predicted molar refractivity (Wildman–Crippen MR) is 44.3 cm³/mol. The van der Waals surface area contributed by atoms with Crippen LogP contribution in [0.2, 0.25) is 0 Å². The van der Waals surface area contributed by atoms with Gasteiger partial charge in [-0.1, -0.05) is 6.92 Å². The molecule has 1 aromatic heterocycles. The lowest BCUT2D eigenvalue weighted by atomic mass is 10.2. The molecular weight excluding hydrogens is 144 g/mol. The maximum absolute atomic E-state index is 9.14. The van der Waals surface area contributed by atoms with Gasteiger partial charge in [-0.15, -0.1) is 11.3 Å². The van der Waals surface area contributed by atoms with E-state index in [9.17, 15) is 0 Å². The number of rotatable bonds is 2. The molecule has 0 amide bonds. The number of aliphatic hydroxyl groups excluding tert-OH is 1. The van der Waals surface area contributed by atoms with Crippen molar-refractivity contribution in [3.8, 4) is 0 Å². The highest BCUT2D eigenvalue weighted by molar-refractivity contribution is 7.10. The Hall–Kier alpha value is -0.340. The highest BCUT2D eigenvalue weighted by Gasteiger charge is 2.02. The van der Waals surface area contributed by atoms with E-state index in [0.717, 1.165) is 11.3 Å². The third-order valence-corrected chi connectivity index (χ3v) is 2.65. The Morgan fingerprint density at radius 2 is 2.40 bits per heavy atom. The maximum atomic E-state index is 9.14. The molecule has 0 saturated carbocycles. The molecule has 1 unspecified atom stereocenters. The van der Waals surface area contributed by atoms with Gasteiger partial charge in [0.15, 0.2) is 0 Å². The van der Waals surface area contributed by atoms with Gasteiger partial charge in [-0.25, -0.2) is 0 Å². The van der Waals surface area contributed by atoms with E-state index < -0.39 is 0 Å². The van der Waals surface area contributed by atoms with Gasteiger partial charge in [-0.05, 0) is 30.4 Å². The average Bonchev–Trinajstić information content (AvgIpc) is 2.34. The predicted octanol–water partition coefficient (Wildman–Crippen LogP) is 2.36. The first kappa shape index (κ1) is 7.76. The van der Waals surface area contributed by atoms with Crippen molar-refractivity contribution < 1.29 is 5.11 Å². The first-order chi connectivity index (χ1) is 4.74. The molecule has 1 atom stereocenters. The molecule has 2 heteroatoms. The highest BCUT2D eigenvalue weighted by Crippen LogP contribution is 2.21. The molecule has 1 aromatic rings. The summed E-state index contributed by atoms with van der Waals surface area (Å²) in [5, 5.41) is 11.2. The Labute approximate surface area is 65.3 Å². The summed E-state index contributed by atoms with van der Waals surface area (Å²) >= 11 is 1.63. The van der Waals surface area contributed by atoms with Crippen LogP contribution in [0, 0.1) is 0 Å². The summed E-state index contributed by atoms with van der Waals surface area (Å²) < 4.78 is 0. The average molecular weight is 156 g/mol. The van der Waals surface area contributed by atoms with E-state index in [4.69, 9.17) is 5.11 Å². The first-order valence-corrected chi connectivity index (χ1v) is 4.37. The summed E-state index contributed by atoms with van der Waals surface area (Å²) in [7, 11) is 0. The van der Waals surface area contributed by atoms with E-state index in [2.05, 4.69) is 18.4 Å². The zero-order valence-corrected chi connectivity index (χ0v) is 7.11. The molecular formula is C8H12OS. The van der Waals surface area contributed by atoms with E-state index in [1.807, 2.05) is 0 Å². The number of aryl methyl sites for hydroxylation is 1. The van der Waals surface area contributed by atoms with Crippen LogP contribution in [-0.2, 0) is 6.42 Å². The Balaban J connectivity index is 2.78. The summed E-state index contributed by atoms with van der Waals surface area (Å²) in [4.78, 5) is 1.07. The second-order valence-electron chi connectivity index (χ2n) is 2.39. The van der Waals surface area contributed by atoms with E-state index >= 15 is 0 Å². The number of hydrogen-bond donors (Lipinski definition) is 1. The number of thiophene rings is 1. The van der Waals surface area contributed by atoms with Crippen LogP contribution in [0.25, 0.3) is 0 Å². The summed E-state index contributed by atoms with van der Waals surface area (Å²) in [5.41, 5.74) is 1.32. The molecule has 0 fully saturated rings. The lowest BCUT2D eigenvalue weighted by Gasteiger charge is -1.96. The third-order valence-electron chi connectivity index (χ3n) is 1.49. The molecule has 0 aliphatic carbocycles. The lowest BCUT2D eigenvalue weighted by Crippen LogP contribution is -1.84. The summed E-state index contributed by atoms with van der Waals surface area (Å²) in [6, 6.07) is 2.06. The molecule has 0 aliphatic rings. The quantitative estimate of drug-likeness (QED) is 0.697. The van der Waals surface area contributed by atoms with Crippen molar-refractivity contribution in [2.45, 2.75) is 26.4 Å². The fourth-order valence-electron chi connectivity index (χ4n) is 0.799. The van der Waals surface area contributed by atoms with Crippen LogP contribution in [0.15, 0.2) is 11.4 Å². The van der Waals surface area contributed by atoms with Crippen molar-refractivity contribution in [1.82, 2.24) is 0 Å². The Morgan fingerprint density at radius 1 is 1.70 bits per heavy atom. The minimum atomic E-state index is -0.301. The minimum Gasteiger partial charge on any atom is -0.388 e. The molecule has 10 heavy (non-hydrogen) atoms. The van der Waals surface area contributed by atoms with Crippen LogP contribution < -0.4 is 0 Å². The molecule has 0 saturated heterocycles. The van der Waals surface area contributed by atoms with E-state index in [-0.39, 0.29) is 6.10 Å². The first-order valence-electron chi connectivity index (χ1n) is 3.49. The lowest BCUT2D eigenvalue weighted by molar-refractivity contribution is 0.203. The van der Waals surface area contributed by atoms with Gasteiger partial charge in [0.05, 0.1) is 6.10 Å². The van der Waals surface area contributed by atoms with Gasteiger partial charge in [-0.2, -0.15) is 0 Å². The standard InChI is InChI=1S/C8H12OS/c1-3-7-4-8(6(2)9)10-5-7/h4-6,9H,3H2,1-2H3. The fraction of sp³-hybridized carbons (Fsp3) is 0.500. The largest absolute Gasteiger partial charge is 0.388 e. The van der Waals surface area contributed by atoms with Gasteiger partial charge in [-0.3, -0.25) is 0 Å². The number of hydrogen-bond acceptors (Lipinski definition) is 2. The second-order valence-corrected chi connectivity index (χ2v) is 3.33. The molecule has 0 aromatic carbocycles. The Bertz CT molecular complexity index is 203. The third kappa shape index (κ3) is 1.58. The van der Waals surface area contributed by atoms with Gasteiger partial charge in [0.25, 0.3) is 0 Å². The van der Waals surface area contributed by atoms with Crippen LogP contribution >= 0.6 is 11.3 Å². The highest BCUT2D eigenvalue weighted by atomic mass is 32.1. The van der Waals surface area contributed by atoms with Gasteiger partial charge in [0, 0.05) is 4.88 Å². The van der Waals surface area contributed by atoms with Crippen molar-refractivity contribution in [2.24, 2.45) is 0 Å². The zero-order valence-electron chi connectivity index (χ0n) is 6.29. The zero-order chi connectivity index (χ0) is 7.56. The van der Waals surface area contributed by atoms with E-state index in [1.165, 1.54) is 5.56 Å². The van der Waals surface area contributed by atoms with Crippen LogP contribution in [-0.4, -0.2) is 5.11 Å². The Morgan fingerprint density at radius 3 is 2.70 bits per heavy atom. The smallest absolute Gasteiger partial charge is 0.0854 e. The molecule has 1 nitrogen and oxygen atoms in total. The van der Waals surface area contributed by atoms with Gasteiger partial charge < -0.3 is 5.11 Å². The summed E-state index contributed by atoms with van der Waals surface area (Å²) in [5.74, 6) is 0. The summed E-state index contributed by atoms with van der Waals surface area (Å²) in [6.45, 7) is 3.92. The minimum absolute atomic E-state index is 0.301. The maximum Gasteiger partial charge on any atom is 0.0854 e. The van der Waals surface area contributed by atoms with Crippen molar-refractivity contribution in [1.29, 1.82) is 0 Å². The van der Waals surface area contributed by atoms with Crippen LogP contribution in [0.1, 0.15) is 30.4 Å². The topological polar surface area (TPSA) is 20.2 Å². The van der Waals surface area contributed by atoms with Gasteiger partial charge in [0.2, 0.25) is 0 Å². The molecule has 1 heterocycles. The molecule has 56 valence electrons. The summed E-state index contributed by atoms with van der Waals surface area (Å²) in [6.07, 6.45) is 0.758. The van der Waals surface area contributed by atoms with Crippen molar-refractivity contribution in [3.63, 3.8) is 0 Å². The van der Waals surface area contributed by atoms with Gasteiger partial charge >= 0.3 is 0 Å².